The molecule has 0 bridgehead atoms. The van der Waals surface area contributed by atoms with Crippen LogP contribution < -0.4 is 0 Å². The predicted octanol–water partition coefficient (Wildman–Crippen LogP) is 2.00. The summed E-state index contributed by atoms with van der Waals surface area (Å²) in [6, 6.07) is 0. The molecule has 3 heteroatoms. The molecule has 0 aromatic heterocycles. The number of likely N-dealkylation sites (tertiary alicyclic amines) is 1. The fourth-order valence-corrected chi connectivity index (χ4v) is 1.94. The number of hydrogen-bond donors (Lipinski definition) is 0. The minimum Gasteiger partial charge on any atom is -0.342 e. The largest absolute Gasteiger partial charge is 0.342 e. The minimum atomic E-state index is 0.133. The summed E-state index contributed by atoms with van der Waals surface area (Å²) in [5.41, 5.74) is 0. The van der Waals surface area contributed by atoms with Gasteiger partial charge < -0.3 is 4.90 Å². The van der Waals surface area contributed by atoms with E-state index in [-0.39, 0.29) is 5.25 Å². The molecule has 2 nitrogen and oxygen atoms in total. The van der Waals surface area contributed by atoms with E-state index in [0.29, 0.717) is 5.91 Å². The molecule has 0 aromatic carbocycles. The van der Waals surface area contributed by atoms with Gasteiger partial charge in [0.1, 0.15) is 0 Å². The maximum Gasteiger partial charge on any atom is 0.235 e. The Morgan fingerprint density at radius 1 is 1.46 bits per heavy atom. The van der Waals surface area contributed by atoms with Crippen LogP contribution in [0.1, 0.15) is 26.7 Å². The summed E-state index contributed by atoms with van der Waals surface area (Å²) in [5.74, 6) is 1.12. The summed E-state index contributed by atoms with van der Waals surface area (Å²) < 4.78 is 0. The van der Waals surface area contributed by atoms with Crippen LogP contribution in [-0.4, -0.2) is 35.4 Å². The van der Waals surface area contributed by atoms with E-state index >= 15 is 0 Å². The second-order valence-electron chi connectivity index (χ2n) is 3.89. The number of thioether (sulfide) groups is 1. The van der Waals surface area contributed by atoms with E-state index in [1.807, 2.05) is 18.1 Å². The SMILES string of the molecule is CSC(C)C(=O)N1CCC(C)CC1. The van der Waals surface area contributed by atoms with Gasteiger partial charge in [-0.1, -0.05) is 6.92 Å². The van der Waals surface area contributed by atoms with Gasteiger partial charge in [-0.3, -0.25) is 4.79 Å². The zero-order valence-corrected chi connectivity index (χ0v) is 9.56. The van der Waals surface area contributed by atoms with Crippen molar-refractivity contribution in [1.82, 2.24) is 4.90 Å². The molecule has 0 aromatic rings. The first kappa shape index (κ1) is 10.9. The van der Waals surface area contributed by atoms with Crippen molar-refractivity contribution in [2.24, 2.45) is 5.92 Å². The van der Waals surface area contributed by atoms with Crippen LogP contribution >= 0.6 is 11.8 Å². The van der Waals surface area contributed by atoms with Crippen LogP contribution in [0.5, 0.6) is 0 Å². The summed E-state index contributed by atoms with van der Waals surface area (Å²) >= 11 is 1.64. The van der Waals surface area contributed by atoms with Crippen molar-refractivity contribution in [3.05, 3.63) is 0 Å². The zero-order valence-electron chi connectivity index (χ0n) is 8.75. The lowest BCUT2D eigenvalue weighted by molar-refractivity contribution is -0.131. The monoisotopic (exact) mass is 201 g/mol. The average Bonchev–Trinajstić information content (AvgIpc) is 2.17. The molecule has 1 saturated heterocycles. The highest BCUT2D eigenvalue weighted by Crippen LogP contribution is 2.18. The number of rotatable bonds is 2. The standard InChI is InChI=1S/C10H19NOS/c1-8-4-6-11(7-5-8)10(12)9(2)13-3/h8-9H,4-7H2,1-3H3. The third kappa shape index (κ3) is 2.90. The highest BCUT2D eigenvalue weighted by molar-refractivity contribution is 7.99. The van der Waals surface area contributed by atoms with Gasteiger partial charge in [-0.05, 0) is 31.9 Å². The Morgan fingerprint density at radius 2 is 2.00 bits per heavy atom. The molecule has 0 spiro atoms. The molecule has 0 saturated carbocycles. The van der Waals surface area contributed by atoms with Gasteiger partial charge in [-0.2, -0.15) is 11.8 Å². The molecule has 76 valence electrons. The lowest BCUT2D eigenvalue weighted by Gasteiger charge is -2.31. The van der Waals surface area contributed by atoms with Gasteiger partial charge in [-0.25, -0.2) is 0 Å². The van der Waals surface area contributed by atoms with E-state index in [0.717, 1.165) is 19.0 Å². The summed E-state index contributed by atoms with van der Waals surface area (Å²) in [6.45, 7) is 6.18. The van der Waals surface area contributed by atoms with Crippen LogP contribution in [0.2, 0.25) is 0 Å². The first-order valence-electron chi connectivity index (χ1n) is 4.96. The Kier molecular flexibility index (Phi) is 4.10. The van der Waals surface area contributed by atoms with Gasteiger partial charge in [0.05, 0.1) is 5.25 Å². The first-order valence-corrected chi connectivity index (χ1v) is 6.25. The third-order valence-corrected chi connectivity index (χ3v) is 3.71. The van der Waals surface area contributed by atoms with Crippen molar-refractivity contribution in [2.45, 2.75) is 31.9 Å². The highest BCUT2D eigenvalue weighted by atomic mass is 32.2. The number of carbonyl (C=O) groups excluding carboxylic acids is 1. The number of amides is 1. The fourth-order valence-electron chi connectivity index (χ4n) is 1.59. The van der Waals surface area contributed by atoms with E-state index in [1.165, 1.54) is 12.8 Å². The molecule has 1 atom stereocenters. The second kappa shape index (κ2) is 4.89. The molecule has 0 aliphatic carbocycles. The average molecular weight is 201 g/mol. The molecule has 0 N–H and O–H groups in total. The molecular weight excluding hydrogens is 182 g/mol. The van der Waals surface area contributed by atoms with Crippen LogP contribution in [-0.2, 0) is 4.79 Å². The number of hydrogen-bond acceptors (Lipinski definition) is 2. The Balaban J connectivity index is 2.40. The van der Waals surface area contributed by atoms with Gasteiger partial charge in [-0.15, -0.1) is 0 Å². The predicted molar refractivity (Wildman–Crippen MR) is 58.0 cm³/mol. The molecule has 13 heavy (non-hydrogen) atoms. The van der Waals surface area contributed by atoms with Crippen molar-refractivity contribution in [1.29, 1.82) is 0 Å². The molecule has 1 aliphatic heterocycles. The first-order chi connectivity index (χ1) is 6.15. The van der Waals surface area contributed by atoms with Crippen LogP contribution in [0.25, 0.3) is 0 Å². The van der Waals surface area contributed by atoms with E-state index < -0.39 is 0 Å². The Morgan fingerprint density at radius 3 is 2.46 bits per heavy atom. The van der Waals surface area contributed by atoms with Crippen LogP contribution in [0.3, 0.4) is 0 Å². The van der Waals surface area contributed by atoms with E-state index in [1.54, 1.807) is 11.8 Å². The summed E-state index contributed by atoms with van der Waals surface area (Å²) in [7, 11) is 0. The Labute approximate surface area is 85.1 Å². The maximum atomic E-state index is 11.7. The van der Waals surface area contributed by atoms with Crippen LogP contribution in [0.4, 0.5) is 0 Å². The summed E-state index contributed by atoms with van der Waals surface area (Å²) in [4.78, 5) is 13.8. The summed E-state index contributed by atoms with van der Waals surface area (Å²) in [5, 5.41) is 0.133. The lowest BCUT2D eigenvalue weighted by atomic mass is 9.99. The fraction of sp³-hybridized carbons (Fsp3) is 0.900. The third-order valence-electron chi connectivity index (χ3n) is 2.80. The molecule has 1 heterocycles. The van der Waals surface area contributed by atoms with Gasteiger partial charge in [0.25, 0.3) is 0 Å². The van der Waals surface area contributed by atoms with E-state index in [2.05, 4.69) is 6.92 Å². The normalized spacial score (nSPS) is 21.6. The molecular formula is C10H19NOS. The van der Waals surface area contributed by atoms with Crippen molar-refractivity contribution in [3.8, 4) is 0 Å². The van der Waals surface area contributed by atoms with E-state index in [4.69, 9.17) is 0 Å². The van der Waals surface area contributed by atoms with Crippen molar-refractivity contribution >= 4 is 17.7 Å². The van der Waals surface area contributed by atoms with Crippen molar-refractivity contribution < 1.29 is 4.79 Å². The molecule has 1 rings (SSSR count). The van der Waals surface area contributed by atoms with Crippen molar-refractivity contribution in [3.63, 3.8) is 0 Å². The zero-order chi connectivity index (χ0) is 9.84. The van der Waals surface area contributed by atoms with Crippen LogP contribution in [0.15, 0.2) is 0 Å². The smallest absolute Gasteiger partial charge is 0.235 e. The maximum absolute atomic E-state index is 11.7. The van der Waals surface area contributed by atoms with Gasteiger partial charge >= 0.3 is 0 Å². The number of piperidine rings is 1. The van der Waals surface area contributed by atoms with Gasteiger partial charge in [0.2, 0.25) is 5.91 Å². The topological polar surface area (TPSA) is 20.3 Å². The van der Waals surface area contributed by atoms with Gasteiger partial charge in [0.15, 0.2) is 0 Å². The number of carbonyl (C=O) groups is 1. The minimum absolute atomic E-state index is 0.133. The van der Waals surface area contributed by atoms with E-state index in [9.17, 15) is 4.79 Å². The van der Waals surface area contributed by atoms with Gasteiger partial charge in [0, 0.05) is 13.1 Å². The molecule has 1 unspecified atom stereocenters. The number of nitrogens with zero attached hydrogens (tertiary/aromatic N) is 1. The Bertz CT molecular complexity index is 176. The lowest BCUT2D eigenvalue weighted by Crippen LogP contribution is -2.41. The molecule has 0 radical (unpaired) electrons. The van der Waals surface area contributed by atoms with Crippen molar-refractivity contribution in [2.75, 3.05) is 19.3 Å². The molecule has 1 amide bonds. The van der Waals surface area contributed by atoms with Crippen LogP contribution in [0, 0.1) is 5.92 Å². The Hall–Kier alpha value is -0.180. The molecule has 1 fully saturated rings. The molecule has 1 aliphatic rings. The summed E-state index contributed by atoms with van der Waals surface area (Å²) in [6.07, 6.45) is 4.34. The quantitative estimate of drug-likeness (QED) is 0.681. The highest BCUT2D eigenvalue weighted by Gasteiger charge is 2.23. The second-order valence-corrected chi connectivity index (χ2v) is 5.06.